The molecule has 2 heterocycles. The molecule has 148 valence electrons. The van der Waals surface area contributed by atoms with Crippen LogP contribution in [0.5, 0.6) is 0 Å². The van der Waals surface area contributed by atoms with Gasteiger partial charge >= 0.3 is 0 Å². The molecule has 29 heavy (non-hydrogen) atoms. The van der Waals surface area contributed by atoms with Gasteiger partial charge in [-0.2, -0.15) is 0 Å². The number of carbonyl (C=O) groups excluding carboxylic acids is 3. The van der Waals surface area contributed by atoms with E-state index < -0.39 is 6.04 Å². The van der Waals surface area contributed by atoms with Crippen LogP contribution in [0, 0.1) is 0 Å². The van der Waals surface area contributed by atoms with Gasteiger partial charge in [0.2, 0.25) is 5.91 Å². The number of nitrogens with zero attached hydrogens (tertiary/aromatic N) is 2. The molecule has 1 N–H and O–H groups in total. The molecule has 3 aliphatic rings. The third kappa shape index (κ3) is 3.28. The number of amides is 3. The molecule has 0 aromatic heterocycles. The van der Waals surface area contributed by atoms with E-state index in [2.05, 4.69) is 5.32 Å². The van der Waals surface area contributed by atoms with E-state index in [1.165, 1.54) is 0 Å². The van der Waals surface area contributed by atoms with Crippen molar-refractivity contribution in [2.24, 2.45) is 0 Å². The Kier molecular flexibility index (Phi) is 4.34. The van der Waals surface area contributed by atoms with Gasteiger partial charge in [0.1, 0.15) is 6.04 Å². The molecule has 6 nitrogen and oxygen atoms in total. The van der Waals surface area contributed by atoms with E-state index in [0.29, 0.717) is 42.4 Å². The highest BCUT2D eigenvalue weighted by molar-refractivity contribution is 6.11. The molecule has 0 bridgehead atoms. The lowest BCUT2D eigenvalue weighted by Crippen LogP contribution is -2.44. The second-order valence-corrected chi connectivity index (χ2v) is 8.05. The molecule has 1 unspecified atom stereocenters. The van der Waals surface area contributed by atoms with Gasteiger partial charge in [-0.25, -0.2) is 0 Å². The van der Waals surface area contributed by atoms with Crippen molar-refractivity contribution in [3.63, 3.8) is 0 Å². The molecule has 1 saturated heterocycles. The summed E-state index contributed by atoms with van der Waals surface area (Å²) in [4.78, 5) is 42.2. The van der Waals surface area contributed by atoms with Crippen molar-refractivity contribution in [3.05, 3.63) is 65.2 Å². The Hall–Kier alpha value is -3.15. The summed E-state index contributed by atoms with van der Waals surface area (Å²) in [6.07, 6.45) is 3.61. The maximum atomic E-state index is 13.4. The molecule has 3 amide bonds. The van der Waals surface area contributed by atoms with E-state index in [-0.39, 0.29) is 17.7 Å². The van der Waals surface area contributed by atoms with Crippen LogP contribution < -0.4 is 10.2 Å². The molecular formula is C23H23N3O3. The van der Waals surface area contributed by atoms with E-state index in [1.807, 2.05) is 36.4 Å². The molecule has 0 spiro atoms. The average molecular weight is 389 g/mol. The Morgan fingerprint density at radius 1 is 1.03 bits per heavy atom. The van der Waals surface area contributed by atoms with E-state index >= 15 is 0 Å². The van der Waals surface area contributed by atoms with Gasteiger partial charge < -0.3 is 15.1 Å². The largest absolute Gasteiger partial charge is 0.349 e. The molecule has 2 fully saturated rings. The van der Waals surface area contributed by atoms with Crippen LogP contribution in [0.15, 0.2) is 48.5 Å². The lowest BCUT2D eigenvalue weighted by atomic mass is 10.1. The molecule has 1 atom stereocenters. The second kappa shape index (κ2) is 7.03. The summed E-state index contributed by atoms with van der Waals surface area (Å²) < 4.78 is 0. The third-order valence-electron chi connectivity index (χ3n) is 5.93. The van der Waals surface area contributed by atoms with Gasteiger partial charge in [-0.05, 0) is 55.5 Å². The number of rotatable bonds is 4. The van der Waals surface area contributed by atoms with Gasteiger partial charge in [0.15, 0.2) is 0 Å². The van der Waals surface area contributed by atoms with Crippen molar-refractivity contribution in [2.75, 3.05) is 11.4 Å². The summed E-state index contributed by atoms with van der Waals surface area (Å²) in [6, 6.07) is 14.6. The smallest absolute Gasteiger partial charge is 0.256 e. The molecule has 2 aromatic rings. The maximum Gasteiger partial charge on any atom is 0.256 e. The first kappa shape index (κ1) is 17.9. The highest BCUT2D eigenvalue weighted by atomic mass is 16.2. The van der Waals surface area contributed by atoms with Crippen molar-refractivity contribution in [1.29, 1.82) is 0 Å². The minimum atomic E-state index is -0.406. The fraction of sp³-hybridized carbons (Fsp3) is 0.348. The molecule has 1 saturated carbocycles. The summed E-state index contributed by atoms with van der Waals surface area (Å²) in [5.74, 6) is -0.195. The number of fused-ring (bicyclic) bond motifs is 2. The first-order valence-electron chi connectivity index (χ1n) is 10.2. The van der Waals surface area contributed by atoms with Crippen molar-refractivity contribution in [2.45, 2.75) is 44.3 Å². The first-order chi connectivity index (χ1) is 14.1. The Morgan fingerprint density at radius 2 is 1.86 bits per heavy atom. The van der Waals surface area contributed by atoms with Crippen LogP contribution in [0.1, 0.15) is 52.0 Å². The molecule has 1 aliphatic carbocycles. The molecular weight excluding hydrogens is 366 g/mol. The third-order valence-corrected chi connectivity index (χ3v) is 5.93. The standard InChI is InChI=1S/C23H23N3O3/c27-21(24-17-10-11-17)16-6-3-5-15(13-16)14-26-19-8-2-1-7-18(19)22(28)25-12-4-9-20(25)23(26)29/h1-3,5-8,13,17,20H,4,9-12,14H2,(H,24,27). The number of benzene rings is 2. The summed E-state index contributed by atoms with van der Waals surface area (Å²) in [5.41, 5.74) is 2.68. The summed E-state index contributed by atoms with van der Waals surface area (Å²) >= 11 is 0. The van der Waals surface area contributed by atoms with Crippen molar-refractivity contribution in [3.8, 4) is 0 Å². The Balaban J connectivity index is 1.48. The predicted octanol–water partition coefficient (Wildman–Crippen LogP) is 2.73. The Labute approximate surface area is 169 Å². The highest BCUT2D eigenvalue weighted by Crippen LogP contribution is 2.33. The number of hydrogen-bond acceptors (Lipinski definition) is 3. The van der Waals surface area contributed by atoms with Crippen LogP contribution in [0.2, 0.25) is 0 Å². The zero-order chi connectivity index (χ0) is 20.0. The number of anilines is 1. The van der Waals surface area contributed by atoms with Crippen LogP contribution in [-0.2, 0) is 11.3 Å². The normalized spacial score (nSPS) is 20.9. The number of nitrogens with one attached hydrogen (secondary N) is 1. The monoisotopic (exact) mass is 389 g/mol. The van der Waals surface area contributed by atoms with Crippen molar-refractivity contribution < 1.29 is 14.4 Å². The van der Waals surface area contributed by atoms with E-state index in [0.717, 1.165) is 24.8 Å². The van der Waals surface area contributed by atoms with Gasteiger partial charge in [0, 0.05) is 18.2 Å². The zero-order valence-electron chi connectivity index (χ0n) is 16.1. The van der Waals surface area contributed by atoms with Crippen LogP contribution >= 0.6 is 0 Å². The van der Waals surface area contributed by atoms with Crippen LogP contribution in [0.4, 0.5) is 5.69 Å². The summed E-state index contributed by atoms with van der Waals surface area (Å²) in [7, 11) is 0. The lowest BCUT2D eigenvalue weighted by molar-refractivity contribution is -0.122. The van der Waals surface area contributed by atoms with Crippen LogP contribution in [0.3, 0.4) is 0 Å². The molecule has 5 rings (SSSR count). The van der Waals surface area contributed by atoms with Gasteiger partial charge in [-0.1, -0.05) is 24.3 Å². The van der Waals surface area contributed by atoms with E-state index in [4.69, 9.17) is 0 Å². The number of hydrogen-bond donors (Lipinski definition) is 1. The summed E-state index contributed by atoms with van der Waals surface area (Å²) in [5, 5.41) is 3.00. The summed E-state index contributed by atoms with van der Waals surface area (Å²) in [6.45, 7) is 0.951. The van der Waals surface area contributed by atoms with Crippen LogP contribution in [-0.4, -0.2) is 41.2 Å². The fourth-order valence-electron chi connectivity index (χ4n) is 4.26. The van der Waals surface area contributed by atoms with Gasteiger partial charge in [-0.15, -0.1) is 0 Å². The minimum Gasteiger partial charge on any atom is -0.349 e. The first-order valence-corrected chi connectivity index (χ1v) is 10.2. The van der Waals surface area contributed by atoms with Gasteiger partial charge in [-0.3, -0.25) is 14.4 Å². The second-order valence-electron chi connectivity index (χ2n) is 8.05. The number of para-hydroxylation sites is 1. The SMILES string of the molecule is O=C(NC1CC1)c1cccc(CN2C(=O)C3CCCN3C(=O)c3ccccc32)c1. The molecule has 0 radical (unpaired) electrons. The van der Waals surface area contributed by atoms with Gasteiger partial charge in [0.25, 0.3) is 11.8 Å². The van der Waals surface area contributed by atoms with E-state index in [9.17, 15) is 14.4 Å². The molecule has 6 heteroatoms. The topological polar surface area (TPSA) is 69.7 Å². The lowest BCUT2D eigenvalue weighted by Gasteiger charge is -2.26. The predicted molar refractivity (Wildman–Crippen MR) is 109 cm³/mol. The van der Waals surface area contributed by atoms with E-state index in [1.54, 1.807) is 21.9 Å². The highest BCUT2D eigenvalue weighted by Gasteiger charge is 2.41. The maximum absolute atomic E-state index is 13.4. The molecule has 2 aliphatic heterocycles. The average Bonchev–Trinajstić information content (AvgIpc) is 3.43. The quantitative estimate of drug-likeness (QED) is 0.874. The number of carbonyl (C=O) groups is 3. The Bertz CT molecular complexity index is 998. The van der Waals surface area contributed by atoms with Crippen molar-refractivity contribution >= 4 is 23.4 Å². The Morgan fingerprint density at radius 3 is 2.69 bits per heavy atom. The van der Waals surface area contributed by atoms with Gasteiger partial charge in [0.05, 0.1) is 17.8 Å². The molecule has 2 aromatic carbocycles. The zero-order valence-corrected chi connectivity index (χ0v) is 16.1. The minimum absolute atomic E-state index is 0.0476. The van der Waals surface area contributed by atoms with Crippen LogP contribution in [0.25, 0.3) is 0 Å². The van der Waals surface area contributed by atoms with Crippen molar-refractivity contribution in [1.82, 2.24) is 10.2 Å². The fourth-order valence-corrected chi connectivity index (χ4v) is 4.26.